The largest absolute Gasteiger partial charge is 0.496 e. The predicted molar refractivity (Wildman–Crippen MR) is 63.6 cm³/mol. The average molecular weight is 253 g/mol. The van der Waals surface area contributed by atoms with Crippen LogP contribution in [-0.4, -0.2) is 22.9 Å². The van der Waals surface area contributed by atoms with Gasteiger partial charge in [0.05, 0.1) is 19.2 Å². The number of hydrogen-bond acceptors (Lipinski definition) is 4. The summed E-state index contributed by atoms with van der Waals surface area (Å²) >= 11 is 5.83. The molecule has 88 valence electrons. The molecule has 1 heterocycles. The van der Waals surface area contributed by atoms with Crippen molar-refractivity contribution in [2.45, 2.75) is 6.54 Å². The molecule has 0 N–H and O–H groups in total. The number of fused-ring (bicyclic) bond motifs is 1. The van der Waals surface area contributed by atoms with Gasteiger partial charge in [0.2, 0.25) is 5.28 Å². The van der Waals surface area contributed by atoms with Gasteiger partial charge in [0, 0.05) is 0 Å². The van der Waals surface area contributed by atoms with Crippen molar-refractivity contribution >= 4 is 28.8 Å². The third-order valence-electron chi connectivity index (χ3n) is 2.38. The topological polar surface area (TPSA) is 61.2 Å². The summed E-state index contributed by atoms with van der Waals surface area (Å²) in [6, 6.07) is 5.04. The predicted octanol–water partition coefficient (Wildman–Crippen LogP) is 1.26. The SMILES string of the molecule is COc1cccc2nc(Cl)n(CC=O)c(=O)c12. The summed E-state index contributed by atoms with van der Waals surface area (Å²) in [6.45, 7) is -0.126. The van der Waals surface area contributed by atoms with Crippen molar-refractivity contribution in [2.24, 2.45) is 0 Å². The highest BCUT2D eigenvalue weighted by molar-refractivity contribution is 6.28. The molecule has 2 aromatic rings. The number of carbonyl (C=O) groups is 1. The van der Waals surface area contributed by atoms with Gasteiger partial charge in [0.15, 0.2) is 0 Å². The maximum absolute atomic E-state index is 12.1. The Bertz CT molecular complexity index is 636. The van der Waals surface area contributed by atoms with Gasteiger partial charge in [-0.05, 0) is 23.7 Å². The molecule has 1 aromatic carbocycles. The maximum atomic E-state index is 12.1. The maximum Gasteiger partial charge on any atom is 0.266 e. The molecule has 0 amide bonds. The molecule has 5 nitrogen and oxygen atoms in total. The van der Waals surface area contributed by atoms with E-state index in [1.807, 2.05) is 0 Å². The molecular weight excluding hydrogens is 244 g/mol. The van der Waals surface area contributed by atoms with Crippen LogP contribution in [0.25, 0.3) is 10.9 Å². The fourth-order valence-electron chi connectivity index (χ4n) is 1.61. The van der Waals surface area contributed by atoms with Crippen LogP contribution in [-0.2, 0) is 11.3 Å². The van der Waals surface area contributed by atoms with E-state index in [0.717, 1.165) is 4.57 Å². The molecule has 0 unspecified atom stereocenters. The fraction of sp³-hybridized carbons (Fsp3) is 0.182. The number of aromatic nitrogens is 2. The zero-order valence-corrected chi connectivity index (χ0v) is 9.77. The number of carbonyl (C=O) groups excluding carboxylic acids is 1. The number of nitrogens with zero attached hydrogens (tertiary/aromatic N) is 2. The molecule has 0 fully saturated rings. The highest BCUT2D eigenvalue weighted by Gasteiger charge is 2.12. The zero-order chi connectivity index (χ0) is 12.4. The van der Waals surface area contributed by atoms with Gasteiger partial charge in [-0.15, -0.1) is 0 Å². The molecule has 17 heavy (non-hydrogen) atoms. The summed E-state index contributed by atoms with van der Waals surface area (Å²) in [6.07, 6.45) is 0.593. The minimum atomic E-state index is -0.385. The van der Waals surface area contributed by atoms with Crippen molar-refractivity contribution in [2.75, 3.05) is 7.11 Å². The molecule has 6 heteroatoms. The number of halogens is 1. The molecule has 0 aliphatic rings. The van der Waals surface area contributed by atoms with Gasteiger partial charge in [-0.25, -0.2) is 4.98 Å². The highest BCUT2D eigenvalue weighted by atomic mass is 35.5. The van der Waals surface area contributed by atoms with E-state index in [2.05, 4.69) is 4.98 Å². The first-order valence-corrected chi connectivity index (χ1v) is 5.23. The van der Waals surface area contributed by atoms with Gasteiger partial charge in [0.25, 0.3) is 5.56 Å². The Hall–Kier alpha value is -1.88. The van der Waals surface area contributed by atoms with Crippen molar-refractivity contribution in [3.8, 4) is 5.75 Å². The monoisotopic (exact) mass is 252 g/mol. The second-order valence-corrected chi connectivity index (χ2v) is 3.66. The molecule has 0 radical (unpaired) electrons. The Balaban J connectivity index is 2.88. The molecule has 0 spiro atoms. The molecule has 0 aliphatic carbocycles. The first kappa shape index (κ1) is 11.6. The Kier molecular flexibility index (Phi) is 3.10. The van der Waals surface area contributed by atoms with E-state index in [1.165, 1.54) is 7.11 Å². The van der Waals surface area contributed by atoms with Crippen LogP contribution in [0.1, 0.15) is 0 Å². The summed E-state index contributed by atoms with van der Waals surface area (Å²) in [5.74, 6) is 0.413. The summed E-state index contributed by atoms with van der Waals surface area (Å²) < 4.78 is 6.19. The van der Waals surface area contributed by atoms with Crippen LogP contribution in [0.3, 0.4) is 0 Å². The molecule has 1 aromatic heterocycles. The van der Waals surface area contributed by atoms with Crippen LogP contribution in [0.5, 0.6) is 5.75 Å². The van der Waals surface area contributed by atoms with Gasteiger partial charge in [0.1, 0.15) is 17.4 Å². The number of aldehydes is 1. The Labute approximate surface area is 102 Å². The molecule has 0 aliphatic heterocycles. The van der Waals surface area contributed by atoms with Gasteiger partial charge < -0.3 is 9.53 Å². The zero-order valence-electron chi connectivity index (χ0n) is 9.01. The van der Waals surface area contributed by atoms with E-state index in [9.17, 15) is 9.59 Å². The van der Waals surface area contributed by atoms with E-state index in [0.29, 0.717) is 22.9 Å². The van der Waals surface area contributed by atoms with Crippen molar-refractivity contribution in [1.82, 2.24) is 9.55 Å². The minimum absolute atomic E-state index is 0.0112. The lowest BCUT2D eigenvalue weighted by Gasteiger charge is -2.08. The van der Waals surface area contributed by atoms with Gasteiger partial charge in [-0.2, -0.15) is 0 Å². The van der Waals surface area contributed by atoms with Crippen LogP contribution in [0.2, 0.25) is 5.28 Å². The van der Waals surface area contributed by atoms with Gasteiger partial charge >= 0.3 is 0 Å². The molecule has 2 rings (SSSR count). The van der Waals surface area contributed by atoms with Crippen molar-refractivity contribution in [3.05, 3.63) is 33.8 Å². The van der Waals surface area contributed by atoms with Gasteiger partial charge in [-0.1, -0.05) is 6.07 Å². The lowest BCUT2D eigenvalue weighted by Crippen LogP contribution is -2.23. The molecule has 0 atom stereocenters. The number of methoxy groups -OCH3 is 1. The number of benzene rings is 1. The van der Waals surface area contributed by atoms with E-state index in [-0.39, 0.29) is 17.4 Å². The quantitative estimate of drug-likeness (QED) is 0.609. The Morgan fingerprint density at radius 3 is 2.94 bits per heavy atom. The van der Waals surface area contributed by atoms with Crippen LogP contribution >= 0.6 is 11.6 Å². The van der Waals surface area contributed by atoms with E-state index >= 15 is 0 Å². The first-order chi connectivity index (χ1) is 8.19. The third-order valence-corrected chi connectivity index (χ3v) is 2.66. The normalized spacial score (nSPS) is 10.5. The molecule has 0 saturated heterocycles. The molecular formula is C11H9ClN2O3. The number of hydrogen-bond donors (Lipinski definition) is 0. The van der Waals surface area contributed by atoms with Crippen LogP contribution in [0, 0.1) is 0 Å². The third kappa shape index (κ3) is 1.89. The minimum Gasteiger partial charge on any atom is -0.496 e. The lowest BCUT2D eigenvalue weighted by molar-refractivity contribution is -0.108. The van der Waals surface area contributed by atoms with Crippen LogP contribution in [0.4, 0.5) is 0 Å². The molecule has 0 bridgehead atoms. The molecule has 0 saturated carbocycles. The Morgan fingerprint density at radius 2 is 2.29 bits per heavy atom. The lowest BCUT2D eigenvalue weighted by atomic mass is 10.2. The standard InChI is InChI=1S/C11H9ClN2O3/c1-17-8-4-2-3-7-9(8)10(16)14(5-6-15)11(12)13-7/h2-4,6H,5H2,1H3. The van der Waals surface area contributed by atoms with Crippen LogP contribution < -0.4 is 10.3 Å². The van der Waals surface area contributed by atoms with Crippen LogP contribution in [0.15, 0.2) is 23.0 Å². The van der Waals surface area contributed by atoms with Crippen molar-refractivity contribution < 1.29 is 9.53 Å². The summed E-state index contributed by atoms with van der Waals surface area (Å²) in [4.78, 5) is 26.7. The van der Waals surface area contributed by atoms with E-state index < -0.39 is 0 Å². The fourth-order valence-corrected chi connectivity index (χ4v) is 1.85. The Morgan fingerprint density at radius 1 is 1.53 bits per heavy atom. The highest BCUT2D eigenvalue weighted by Crippen LogP contribution is 2.21. The summed E-state index contributed by atoms with van der Waals surface area (Å²) in [5, 5.41) is 0.309. The van der Waals surface area contributed by atoms with E-state index in [1.54, 1.807) is 18.2 Å². The van der Waals surface area contributed by atoms with E-state index in [4.69, 9.17) is 16.3 Å². The number of ether oxygens (including phenoxy) is 1. The van der Waals surface area contributed by atoms with Crippen molar-refractivity contribution in [1.29, 1.82) is 0 Å². The van der Waals surface area contributed by atoms with Gasteiger partial charge in [-0.3, -0.25) is 9.36 Å². The smallest absolute Gasteiger partial charge is 0.266 e. The second kappa shape index (κ2) is 4.55. The number of rotatable bonds is 3. The van der Waals surface area contributed by atoms with Crippen molar-refractivity contribution in [3.63, 3.8) is 0 Å². The summed E-state index contributed by atoms with van der Waals surface area (Å²) in [5.41, 5.74) is 0.0612. The second-order valence-electron chi connectivity index (χ2n) is 3.32. The first-order valence-electron chi connectivity index (χ1n) is 4.85. The average Bonchev–Trinajstić information content (AvgIpc) is 2.33. The summed E-state index contributed by atoms with van der Waals surface area (Å²) in [7, 11) is 1.47.